The fourth-order valence-corrected chi connectivity index (χ4v) is 4.32. The standard InChI is InChI=1S/C33H33N13O2/c34-12-14-45-20-28(41-43-45)18-38-32(47)24-6-10-30(36)22(16-24)4-8-26-2-1-3-27(40-26)9-5-23-17-25(7-11-31(23)37)33(48)39-19-29-21-46(15-13-35)44-42-29/h1-3,6-7,10-11,16-17,20-21H,12-15,18-19,34-37H2,(H,38,47)(H,39,48). The molecule has 3 aromatic heterocycles. The van der Waals surface area contributed by atoms with E-state index in [1.165, 1.54) is 0 Å². The van der Waals surface area contributed by atoms with Crippen LogP contribution in [0.25, 0.3) is 0 Å². The van der Waals surface area contributed by atoms with Gasteiger partial charge in [0.2, 0.25) is 0 Å². The van der Waals surface area contributed by atoms with Crippen molar-refractivity contribution in [3.63, 3.8) is 0 Å². The molecule has 0 aliphatic carbocycles. The molecule has 0 saturated heterocycles. The molecule has 15 nitrogen and oxygen atoms in total. The number of amides is 2. The first-order valence-corrected chi connectivity index (χ1v) is 14.9. The Labute approximate surface area is 276 Å². The Morgan fingerprint density at radius 2 is 1.12 bits per heavy atom. The Bertz CT molecular complexity index is 1920. The van der Waals surface area contributed by atoms with E-state index in [4.69, 9.17) is 22.9 Å². The molecular formula is C33H33N13O2. The average molecular weight is 644 g/mol. The van der Waals surface area contributed by atoms with Crippen molar-refractivity contribution in [1.29, 1.82) is 0 Å². The van der Waals surface area contributed by atoms with E-state index in [9.17, 15) is 9.59 Å². The number of benzene rings is 2. The van der Waals surface area contributed by atoms with Crippen LogP contribution in [0, 0.1) is 23.7 Å². The lowest BCUT2D eigenvalue weighted by atomic mass is 10.1. The summed E-state index contributed by atoms with van der Waals surface area (Å²) in [4.78, 5) is 30.0. The van der Waals surface area contributed by atoms with E-state index in [0.717, 1.165) is 0 Å². The van der Waals surface area contributed by atoms with Gasteiger partial charge in [-0.3, -0.25) is 19.0 Å². The number of rotatable bonds is 10. The first-order valence-electron chi connectivity index (χ1n) is 14.9. The second kappa shape index (κ2) is 15.6. The summed E-state index contributed by atoms with van der Waals surface area (Å²) in [5, 5.41) is 21.6. The van der Waals surface area contributed by atoms with E-state index in [0.29, 0.717) is 82.6 Å². The minimum atomic E-state index is -0.310. The lowest BCUT2D eigenvalue weighted by Gasteiger charge is -2.05. The number of nitrogens with two attached hydrogens (primary N) is 4. The van der Waals surface area contributed by atoms with Crippen LogP contribution in [0.2, 0.25) is 0 Å². The van der Waals surface area contributed by atoms with Gasteiger partial charge in [-0.1, -0.05) is 28.3 Å². The number of aromatic nitrogens is 7. The Morgan fingerprint density at radius 3 is 1.56 bits per heavy atom. The Balaban J connectivity index is 1.24. The molecule has 0 atom stereocenters. The highest BCUT2D eigenvalue weighted by atomic mass is 16.2. The number of nitrogens with zero attached hydrogens (tertiary/aromatic N) is 7. The second-order valence-corrected chi connectivity index (χ2v) is 10.4. The maximum atomic E-state index is 12.8. The van der Waals surface area contributed by atoms with E-state index in [1.807, 2.05) is 0 Å². The van der Waals surface area contributed by atoms with Crippen LogP contribution in [0.1, 0.15) is 54.6 Å². The molecule has 0 bridgehead atoms. The van der Waals surface area contributed by atoms with Crippen LogP contribution >= 0.6 is 0 Å². The fraction of sp³-hybridized carbons (Fsp3) is 0.182. The maximum absolute atomic E-state index is 12.8. The SMILES string of the molecule is NCCn1cc(CNC(=O)c2ccc(N)c(C#Cc3cccc(C#Cc4cc(C(=O)NCc5cn(CCN)nn5)ccc4N)n3)c2)nn1. The van der Waals surface area contributed by atoms with Gasteiger partial charge in [-0.2, -0.15) is 0 Å². The first kappa shape index (κ1) is 32.8. The number of hydrogen-bond acceptors (Lipinski definition) is 11. The Morgan fingerprint density at radius 1 is 0.667 bits per heavy atom. The van der Waals surface area contributed by atoms with Crippen molar-refractivity contribution in [2.75, 3.05) is 24.6 Å². The van der Waals surface area contributed by atoms with E-state index in [1.54, 1.807) is 76.4 Å². The average Bonchev–Trinajstić information content (AvgIpc) is 3.75. The van der Waals surface area contributed by atoms with Crippen LogP contribution in [-0.2, 0) is 26.2 Å². The summed E-state index contributed by atoms with van der Waals surface area (Å²) in [5.41, 5.74) is 28.0. The van der Waals surface area contributed by atoms with Crippen LogP contribution in [0.15, 0.2) is 67.0 Å². The van der Waals surface area contributed by atoms with Crippen molar-refractivity contribution < 1.29 is 9.59 Å². The second-order valence-electron chi connectivity index (χ2n) is 10.4. The smallest absolute Gasteiger partial charge is 0.251 e. The van der Waals surface area contributed by atoms with Crippen molar-refractivity contribution >= 4 is 23.2 Å². The number of pyridine rings is 1. The quantitative estimate of drug-likeness (QED) is 0.0875. The molecule has 2 amide bonds. The molecule has 0 aliphatic heterocycles. The van der Waals surface area contributed by atoms with Gasteiger partial charge in [-0.25, -0.2) is 4.98 Å². The predicted molar refractivity (Wildman–Crippen MR) is 178 cm³/mol. The molecule has 242 valence electrons. The molecule has 0 radical (unpaired) electrons. The number of anilines is 2. The predicted octanol–water partition coefficient (Wildman–Crippen LogP) is 0.00600. The lowest BCUT2D eigenvalue weighted by Crippen LogP contribution is -2.23. The van der Waals surface area contributed by atoms with Gasteiger partial charge in [0.05, 0.1) is 38.6 Å². The first-order chi connectivity index (χ1) is 23.3. The summed E-state index contributed by atoms with van der Waals surface area (Å²) >= 11 is 0. The van der Waals surface area contributed by atoms with Gasteiger partial charge in [0, 0.05) is 46.7 Å². The van der Waals surface area contributed by atoms with Crippen LogP contribution in [0.3, 0.4) is 0 Å². The van der Waals surface area contributed by atoms with Crippen LogP contribution in [0.5, 0.6) is 0 Å². The lowest BCUT2D eigenvalue weighted by molar-refractivity contribution is 0.0942. The summed E-state index contributed by atoms with van der Waals surface area (Å²) in [6.45, 7) is 2.37. The highest BCUT2D eigenvalue weighted by Gasteiger charge is 2.11. The third kappa shape index (κ3) is 8.79. The van der Waals surface area contributed by atoms with Gasteiger partial charge >= 0.3 is 0 Å². The van der Waals surface area contributed by atoms with Crippen molar-refractivity contribution in [2.45, 2.75) is 26.2 Å². The third-order valence-electron chi connectivity index (χ3n) is 6.78. The largest absolute Gasteiger partial charge is 0.398 e. The van der Waals surface area contributed by atoms with Crippen LogP contribution in [0.4, 0.5) is 11.4 Å². The van der Waals surface area contributed by atoms with E-state index in [-0.39, 0.29) is 24.9 Å². The molecule has 0 unspecified atom stereocenters. The van der Waals surface area contributed by atoms with Gasteiger partial charge in [-0.05, 0) is 60.4 Å². The molecule has 10 N–H and O–H groups in total. The van der Waals surface area contributed by atoms with Gasteiger partial charge in [-0.15, -0.1) is 10.2 Å². The van der Waals surface area contributed by atoms with Gasteiger partial charge < -0.3 is 33.6 Å². The molecule has 0 saturated carbocycles. The minimum absolute atomic E-state index is 0.205. The van der Waals surface area contributed by atoms with E-state index in [2.05, 4.69) is 59.9 Å². The summed E-state index contributed by atoms with van der Waals surface area (Å²) in [6, 6.07) is 15.0. The Kier molecular flexibility index (Phi) is 10.7. The molecule has 0 spiro atoms. The molecule has 0 aliphatic rings. The number of nitrogens with one attached hydrogen (secondary N) is 2. The molecule has 5 aromatic rings. The number of carbonyl (C=O) groups is 2. The third-order valence-corrected chi connectivity index (χ3v) is 6.78. The fourth-order valence-electron chi connectivity index (χ4n) is 4.32. The molecule has 3 heterocycles. The minimum Gasteiger partial charge on any atom is -0.398 e. The summed E-state index contributed by atoms with van der Waals surface area (Å²) in [7, 11) is 0. The van der Waals surface area contributed by atoms with Gasteiger partial charge in [0.25, 0.3) is 11.8 Å². The van der Waals surface area contributed by atoms with E-state index >= 15 is 0 Å². The maximum Gasteiger partial charge on any atom is 0.251 e. The van der Waals surface area contributed by atoms with Crippen molar-refractivity contribution in [3.05, 3.63) is 112 Å². The van der Waals surface area contributed by atoms with Crippen LogP contribution < -0.4 is 33.6 Å². The van der Waals surface area contributed by atoms with E-state index < -0.39 is 0 Å². The number of hydrogen-bond donors (Lipinski definition) is 6. The van der Waals surface area contributed by atoms with Crippen molar-refractivity contribution in [2.24, 2.45) is 11.5 Å². The summed E-state index contributed by atoms with van der Waals surface area (Å²) in [6.07, 6.45) is 3.46. The molecule has 48 heavy (non-hydrogen) atoms. The summed E-state index contributed by atoms with van der Waals surface area (Å²) < 4.78 is 3.23. The number of nitrogen functional groups attached to an aromatic ring is 2. The van der Waals surface area contributed by atoms with Gasteiger partial charge in [0.1, 0.15) is 22.8 Å². The van der Waals surface area contributed by atoms with Crippen molar-refractivity contribution in [1.82, 2.24) is 45.6 Å². The zero-order chi connectivity index (χ0) is 33.9. The molecule has 0 fully saturated rings. The summed E-state index contributed by atoms with van der Waals surface area (Å²) in [5.74, 6) is 11.3. The Hall–Kier alpha value is -6.55. The molecule has 2 aromatic carbocycles. The van der Waals surface area contributed by atoms with Crippen molar-refractivity contribution in [3.8, 4) is 23.7 Å². The van der Waals surface area contributed by atoms with Gasteiger partial charge in [0.15, 0.2) is 0 Å². The monoisotopic (exact) mass is 643 g/mol. The zero-order valence-corrected chi connectivity index (χ0v) is 25.8. The highest BCUT2D eigenvalue weighted by molar-refractivity contribution is 5.95. The number of carbonyl (C=O) groups excluding carboxylic acids is 2. The molecule has 15 heteroatoms. The van der Waals surface area contributed by atoms with Crippen LogP contribution in [-0.4, -0.2) is 59.9 Å². The highest BCUT2D eigenvalue weighted by Crippen LogP contribution is 2.15. The zero-order valence-electron chi connectivity index (χ0n) is 25.8. The topological polar surface area (TPSA) is 237 Å². The molecular weight excluding hydrogens is 610 g/mol. The normalized spacial score (nSPS) is 10.4. The molecule has 5 rings (SSSR count).